The lowest BCUT2D eigenvalue weighted by Crippen LogP contribution is -2.35. The van der Waals surface area contributed by atoms with Crippen LogP contribution in [0.4, 0.5) is 10.7 Å². The van der Waals surface area contributed by atoms with Crippen molar-refractivity contribution in [1.82, 2.24) is 0 Å². The first-order valence-electron chi connectivity index (χ1n) is 8.72. The zero-order valence-electron chi connectivity index (χ0n) is 15.1. The molecule has 0 N–H and O–H groups in total. The number of rotatable bonds is 4. The van der Waals surface area contributed by atoms with Gasteiger partial charge in [0, 0.05) is 35.2 Å². The molecule has 2 aromatic rings. The maximum absolute atomic E-state index is 12.2. The van der Waals surface area contributed by atoms with Gasteiger partial charge in [-0.25, -0.2) is 9.79 Å². The normalized spacial score (nSPS) is 18.3. The summed E-state index contributed by atoms with van der Waals surface area (Å²) in [6.45, 7) is 4.74. The first kappa shape index (κ1) is 18.3. The molecule has 0 spiro atoms. The zero-order chi connectivity index (χ0) is 19.7. The van der Waals surface area contributed by atoms with E-state index in [-0.39, 0.29) is 17.3 Å². The minimum Gasteiger partial charge on any atom is -0.402 e. The van der Waals surface area contributed by atoms with Crippen LogP contribution < -0.4 is 4.90 Å². The van der Waals surface area contributed by atoms with Crippen LogP contribution in [0.15, 0.2) is 41.0 Å². The van der Waals surface area contributed by atoms with Gasteiger partial charge in [-0.05, 0) is 31.2 Å². The van der Waals surface area contributed by atoms with E-state index in [2.05, 4.69) is 9.89 Å². The topological polar surface area (TPSA) is 94.3 Å². The number of thiophene rings is 1. The molecule has 2 aliphatic heterocycles. The quantitative estimate of drug-likeness (QED) is 0.339. The van der Waals surface area contributed by atoms with Gasteiger partial charge in [0.2, 0.25) is 5.90 Å². The predicted molar refractivity (Wildman–Crippen MR) is 106 cm³/mol. The average molecular weight is 399 g/mol. The Labute approximate surface area is 164 Å². The van der Waals surface area contributed by atoms with E-state index in [9.17, 15) is 14.9 Å². The lowest BCUT2D eigenvalue weighted by Gasteiger charge is -2.27. The van der Waals surface area contributed by atoms with E-state index in [1.807, 2.05) is 12.1 Å². The molecule has 0 aliphatic carbocycles. The summed E-state index contributed by atoms with van der Waals surface area (Å²) in [5.41, 5.74) is 1.06. The van der Waals surface area contributed by atoms with Crippen LogP contribution in [-0.4, -0.2) is 43.1 Å². The molecule has 0 bridgehead atoms. The zero-order valence-corrected chi connectivity index (χ0v) is 15.9. The van der Waals surface area contributed by atoms with E-state index in [1.54, 1.807) is 36.5 Å². The number of hydrogen-bond donors (Lipinski definition) is 0. The van der Waals surface area contributed by atoms with Gasteiger partial charge in [-0.1, -0.05) is 6.07 Å². The Kier molecular flexibility index (Phi) is 4.93. The number of anilines is 1. The van der Waals surface area contributed by atoms with E-state index >= 15 is 0 Å². The van der Waals surface area contributed by atoms with Crippen molar-refractivity contribution in [3.05, 3.63) is 62.1 Å². The number of benzene rings is 1. The third kappa shape index (κ3) is 3.67. The van der Waals surface area contributed by atoms with Crippen molar-refractivity contribution in [2.75, 3.05) is 31.2 Å². The molecule has 1 aromatic heterocycles. The molecule has 28 heavy (non-hydrogen) atoms. The van der Waals surface area contributed by atoms with Gasteiger partial charge in [0.15, 0.2) is 5.70 Å². The van der Waals surface area contributed by atoms with Crippen LogP contribution in [0.5, 0.6) is 0 Å². The van der Waals surface area contributed by atoms with Crippen LogP contribution in [0.1, 0.15) is 16.0 Å². The van der Waals surface area contributed by atoms with Crippen molar-refractivity contribution < 1.29 is 19.2 Å². The molecular weight excluding hydrogens is 382 g/mol. The van der Waals surface area contributed by atoms with Gasteiger partial charge in [-0.15, -0.1) is 11.3 Å². The summed E-state index contributed by atoms with van der Waals surface area (Å²) in [7, 11) is 0. The number of esters is 1. The fraction of sp³-hybridized carbons (Fsp3) is 0.263. The third-order valence-electron chi connectivity index (χ3n) is 4.49. The van der Waals surface area contributed by atoms with E-state index in [0.717, 1.165) is 23.0 Å². The van der Waals surface area contributed by atoms with Gasteiger partial charge in [-0.2, -0.15) is 0 Å². The van der Waals surface area contributed by atoms with Crippen molar-refractivity contribution in [2.24, 2.45) is 4.99 Å². The van der Waals surface area contributed by atoms with Crippen molar-refractivity contribution in [3.63, 3.8) is 0 Å². The van der Waals surface area contributed by atoms with Crippen LogP contribution in [0.3, 0.4) is 0 Å². The second-order valence-corrected chi connectivity index (χ2v) is 7.46. The van der Waals surface area contributed by atoms with E-state index in [4.69, 9.17) is 9.47 Å². The second kappa shape index (κ2) is 7.53. The molecule has 3 heterocycles. The minimum absolute atomic E-state index is 0.0397. The van der Waals surface area contributed by atoms with Crippen LogP contribution in [0.2, 0.25) is 0 Å². The summed E-state index contributed by atoms with van der Waals surface area (Å²) in [5.74, 6) is -0.496. The summed E-state index contributed by atoms with van der Waals surface area (Å²) in [5, 5.41) is 12.2. The number of carbonyl (C=O) groups excluding carboxylic acids is 1. The minimum atomic E-state index is -0.570. The fourth-order valence-corrected chi connectivity index (χ4v) is 3.98. The van der Waals surface area contributed by atoms with E-state index in [1.165, 1.54) is 6.07 Å². The van der Waals surface area contributed by atoms with Gasteiger partial charge in [0.1, 0.15) is 0 Å². The summed E-state index contributed by atoms with van der Waals surface area (Å²) in [6.07, 6.45) is 1.67. The molecule has 0 saturated carbocycles. The molecule has 0 radical (unpaired) electrons. The largest absolute Gasteiger partial charge is 0.402 e. The third-order valence-corrected chi connectivity index (χ3v) is 5.58. The summed E-state index contributed by atoms with van der Waals surface area (Å²) in [4.78, 5) is 30.2. The molecule has 1 aromatic carbocycles. The van der Waals surface area contributed by atoms with Crippen molar-refractivity contribution in [3.8, 4) is 0 Å². The molecule has 0 atom stereocenters. The SMILES string of the molecule is Cc1ccc(C2=N/C(=C\c3ccc(N4CCOCC4)s3)C(=O)O2)cc1[N+](=O)[O-]. The lowest BCUT2D eigenvalue weighted by atomic mass is 10.1. The lowest BCUT2D eigenvalue weighted by molar-refractivity contribution is -0.385. The van der Waals surface area contributed by atoms with Crippen LogP contribution in [0, 0.1) is 17.0 Å². The number of nitro benzene ring substituents is 1. The molecule has 8 nitrogen and oxygen atoms in total. The predicted octanol–water partition coefficient (Wildman–Crippen LogP) is 3.15. The average Bonchev–Trinajstić information content (AvgIpc) is 3.30. The molecule has 144 valence electrons. The van der Waals surface area contributed by atoms with Crippen molar-refractivity contribution in [1.29, 1.82) is 0 Å². The molecule has 0 amide bonds. The standard InChI is InChI=1S/C19H17N3O5S/c1-12-2-3-13(10-16(12)22(24)25)18-20-15(19(23)27-18)11-14-4-5-17(28-14)21-6-8-26-9-7-21/h2-5,10-11H,6-9H2,1H3/b15-11-. The summed E-state index contributed by atoms with van der Waals surface area (Å²) in [6, 6.07) is 8.57. The maximum Gasteiger partial charge on any atom is 0.363 e. The number of nitrogens with zero attached hydrogens (tertiary/aromatic N) is 3. The molecule has 9 heteroatoms. The Morgan fingerprint density at radius 1 is 1.25 bits per heavy atom. The highest BCUT2D eigenvalue weighted by Crippen LogP contribution is 2.30. The van der Waals surface area contributed by atoms with Gasteiger partial charge >= 0.3 is 5.97 Å². The second-order valence-electron chi connectivity index (χ2n) is 6.37. The number of aliphatic imine (C=N–C) groups is 1. The first-order chi connectivity index (χ1) is 13.5. The molecule has 0 unspecified atom stereocenters. The van der Waals surface area contributed by atoms with E-state index in [0.29, 0.717) is 24.3 Å². The number of ether oxygens (including phenoxy) is 2. The molecular formula is C19H17N3O5S. The Bertz CT molecular complexity index is 1000. The van der Waals surface area contributed by atoms with Gasteiger partial charge in [0.25, 0.3) is 5.69 Å². The first-order valence-corrected chi connectivity index (χ1v) is 9.53. The number of cyclic esters (lactones) is 1. The number of hydrogen-bond acceptors (Lipinski definition) is 8. The Balaban J connectivity index is 1.58. The monoisotopic (exact) mass is 399 g/mol. The molecule has 2 aliphatic rings. The van der Waals surface area contributed by atoms with Crippen molar-refractivity contribution in [2.45, 2.75) is 6.92 Å². The smallest absolute Gasteiger partial charge is 0.363 e. The highest BCUT2D eigenvalue weighted by atomic mass is 32.1. The van der Waals surface area contributed by atoms with Gasteiger partial charge < -0.3 is 14.4 Å². The Morgan fingerprint density at radius 2 is 2.04 bits per heavy atom. The van der Waals surface area contributed by atoms with E-state index < -0.39 is 10.9 Å². The molecule has 1 fully saturated rings. The number of nitro groups is 1. The Morgan fingerprint density at radius 3 is 2.79 bits per heavy atom. The fourth-order valence-electron chi connectivity index (χ4n) is 2.98. The maximum atomic E-state index is 12.2. The van der Waals surface area contributed by atoms with Crippen LogP contribution >= 0.6 is 11.3 Å². The van der Waals surface area contributed by atoms with Gasteiger partial charge in [-0.3, -0.25) is 10.1 Å². The summed E-state index contributed by atoms with van der Waals surface area (Å²) >= 11 is 1.56. The van der Waals surface area contributed by atoms with Crippen LogP contribution in [-0.2, 0) is 14.3 Å². The van der Waals surface area contributed by atoms with Gasteiger partial charge in [0.05, 0.1) is 23.1 Å². The van der Waals surface area contributed by atoms with Crippen LogP contribution in [0.25, 0.3) is 6.08 Å². The molecule has 4 rings (SSSR count). The highest BCUT2D eigenvalue weighted by Gasteiger charge is 2.26. The highest BCUT2D eigenvalue weighted by molar-refractivity contribution is 7.16. The number of morpholine rings is 1. The number of carbonyl (C=O) groups is 1. The number of aryl methyl sites for hydroxylation is 1. The molecule has 1 saturated heterocycles. The Hall–Kier alpha value is -3.04. The summed E-state index contributed by atoms with van der Waals surface area (Å²) < 4.78 is 10.6. The van der Waals surface area contributed by atoms with Crippen molar-refractivity contribution >= 4 is 40.0 Å².